The van der Waals surface area contributed by atoms with Crippen molar-refractivity contribution in [1.29, 1.82) is 0 Å². The SMILES string of the molecule is CC(C)[C@@H]1CCN(S(C)(=O)=O)C1. The van der Waals surface area contributed by atoms with E-state index in [0.717, 1.165) is 13.0 Å². The van der Waals surface area contributed by atoms with Crippen LogP contribution in [0.5, 0.6) is 0 Å². The summed E-state index contributed by atoms with van der Waals surface area (Å²) in [4.78, 5) is 0. The lowest BCUT2D eigenvalue weighted by atomic mass is 9.96. The van der Waals surface area contributed by atoms with Crippen molar-refractivity contribution in [2.75, 3.05) is 19.3 Å². The highest BCUT2D eigenvalue weighted by Gasteiger charge is 2.29. The summed E-state index contributed by atoms with van der Waals surface area (Å²) in [5.74, 6) is 1.15. The van der Waals surface area contributed by atoms with Gasteiger partial charge in [0, 0.05) is 13.1 Å². The Kier molecular flexibility index (Phi) is 2.78. The predicted octanol–water partition coefficient (Wildman–Crippen LogP) is 0.924. The van der Waals surface area contributed by atoms with Crippen LogP contribution in [-0.4, -0.2) is 32.1 Å². The molecular weight excluding hydrogens is 174 g/mol. The fourth-order valence-corrected chi connectivity index (χ4v) is 2.50. The summed E-state index contributed by atoms with van der Waals surface area (Å²) in [5, 5.41) is 0. The summed E-state index contributed by atoms with van der Waals surface area (Å²) in [7, 11) is -2.94. The Morgan fingerprint density at radius 2 is 2.00 bits per heavy atom. The normalized spacial score (nSPS) is 26.8. The first kappa shape index (κ1) is 9.99. The first-order valence-electron chi connectivity index (χ1n) is 4.36. The molecule has 1 atom stereocenters. The molecule has 1 aliphatic rings. The number of sulfonamides is 1. The molecule has 1 saturated heterocycles. The molecule has 12 heavy (non-hydrogen) atoms. The predicted molar refractivity (Wildman–Crippen MR) is 49.4 cm³/mol. The second-order valence-electron chi connectivity index (χ2n) is 3.91. The van der Waals surface area contributed by atoms with Gasteiger partial charge in [0.15, 0.2) is 0 Å². The van der Waals surface area contributed by atoms with Crippen LogP contribution in [0.1, 0.15) is 20.3 Å². The molecule has 0 aromatic heterocycles. The third kappa shape index (κ3) is 2.20. The molecule has 0 amide bonds. The minimum Gasteiger partial charge on any atom is -0.213 e. The van der Waals surface area contributed by atoms with Gasteiger partial charge in [-0.2, -0.15) is 0 Å². The maximum atomic E-state index is 11.1. The van der Waals surface area contributed by atoms with E-state index >= 15 is 0 Å². The van der Waals surface area contributed by atoms with Crippen molar-refractivity contribution in [3.8, 4) is 0 Å². The lowest BCUT2D eigenvalue weighted by molar-refractivity contribution is 0.390. The second kappa shape index (κ2) is 3.34. The van der Waals surface area contributed by atoms with Crippen molar-refractivity contribution in [3.63, 3.8) is 0 Å². The molecule has 72 valence electrons. The summed E-state index contributed by atoms with van der Waals surface area (Å²) >= 11 is 0. The topological polar surface area (TPSA) is 37.4 Å². The highest BCUT2D eigenvalue weighted by atomic mass is 32.2. The van der Waals surface area contributed by atoms with Gasteiger partial charge in [-0.05, 0) is 18.3 Å². The summed E-state index contributed by atoms with van der Waals surface area (Å²) in [6.07, 6.45) is 2.31. The Labute approximate surface area is 74.8 Å². The molecule has 1 fully saturated rings. The van der Waals surface area contributed by atoms with Gasteiger partial charge in [0.25, 0.3) is 0 Å². The van der Waals surface area contributed by atoms with Crippen molar-refractivity contribution in [3.05, 3.63) is 0 Å². The molecule has 0 radical (unpaired) electrons. The maximum Gasteiger partial charge on any atom is 0.211 e. The highest BCUT2D eigenvalue weighted by molar-refractivity contribution is 7.88. The molecule has 0 N–H and O–H groups in total. The maximum absolute atomic E-state index is 11.1. The van der Waals surface area contributed by atoms with Gasteiger partial charge < -0.3 is 0 Å². The molecule has 0 aliphatic carbocycles. The van der Waals surface area contributed by atoms with E-state index in [1.165, 1.54) is 6.26 Å². The van der Waals surface area contributed by atoms with E-state index in [-0.39, 0.29) is 0 Å². The van der Waals surface area contributed by atoms with Crippen LogP contribution >= 0.6 is 0 Å². The Balaban J connectivity index is 2.58. The average Bonchev–Trinajstić information content (AvgIpc) is 2.30. The molecular formula is C8H17NO2S. The third-order valence-electron chi connectivity index (χ3n) is 2.60. The zero-order valence-corrected chi connectivity index (χ0v) is 8.76. The highest BCUT2D eigenvalue weighted by Crippen LogP contribution is 2.24. The minimum atomic E-state index is -2.94. The standard InChI is InChI=1S/C8H17NO2S/c1-7(2)8-4-5-9(6-8)12(3,10)11/h7-8H,4-6H2,1-3H3/t8-/m1/s1. The van der Waals surface area contributed by atoms with E-state index in [0.29, 0.717) is 18.4 Å². The van der Waals surface area contributed by atoms with Gasteiger partial charge in [0.2, 0.25) is 10.0 Å². The largest absolute Gasteiger partial charge is 0.213 e. The zero-order chi connectivity index (χ0) is 9.35. The van der Waals surface area contributed by atoms with Crippen LogP contribution in [-0.2, 0) is 10.0 Å². The van der Waals surface area contributed by atoms with Gasteiger partial charge in [-0.3, -0.25) is 0 Å². The quantitative estimate of drug-likeness (QED) is 0.651. The molecule has 0 bridgehead atoms. The van der Waals surface area contributed by atoms with Crippen LogP contribution in [0.25, 0.3) is 0 Å². The van der Waals surface area contributed by atoms with E-state index in [1.807, 2.05) is 0 Å². The van der Waals surface area contributed by atoms with Crippen molar-refractivity contribution in [1.82, 2.24) is 4.31 Å². The smallest absolute Gasteiger partial charge is 0.211 e. The Morgan fingerprint density at radius 3 is 2.25 bits per heavy atom. The van der Waals surface area contributed by atoms with Crippen molar-refractivity contribution >= 4 is 10.0 Å². The van der Waals surface area contributed by atoms with Gasteiger partial charge in [0.05, 0.1) is 6.26 Å². The fourth-order valence-electron chi connectivity index (χ4n) is 1.60. The fraction of sp³-hybridized carbons (Fsp3) is 1.00. The summed E-state index contributed by atoms with van der Waals surface area (Å²) in [6, 6.07) is 0. The Morgan fingerprint density at radius 1 is 1.42 bits per heavy atom. The summed E-state index contributed by atoms with van der Waals surface area (Å²) in [5.41, 5.74) is 0. The molecule has 4 heteroatoms. The van der Waals surface area contributed by atoms with Crippen LogP contribution in [0.2, 0.25) is 0 Å². The van der Waals surface area contributed by atoms with Crippen LogP contribution in [0.3, 0.4) is 0 Å². The second-order valence-corrected chi connectivity index (χ2v) is 5.90. The Hall–Kier alpha value is -0.0900. The molecule has 1 heterocycles. The first-order valence-corrected chi connectivity index (χ1v) is 6.21. The van der Waals surface area contributed by atoms with Crippen LogP contribution in [0.4, 0.5) is 0 Å². The number of rotatable bonds is 2. The summed E-state index contributed by atoms with van der Waals surface area (Å²) < 4.78 is 23.8. The summed E-state index contributed by atoms with van der Waals surface area (Å²) in [6.45, 7) is 5.73. The zero-order valence-electron chi connectivity index (χ0n) is 7.95. The molecule has 0 aromatic rings. The average molecular weight is 191 g/mol. The van der Waals surface area contributed by atoms with Crippen molar-refractivity contribution < 1.29 is 8.42 Å². The van der Waals surface area contributed by atoms with E-state index in [2.05, 4.69) is 13.8 Å². The van der Waals surface area contributed by atoms with Gasteiger partial charge in [-0.25, -0.2) is 12.7 Å². The van der Waals surface area contributed by atoms with Crippen molar-refractivity contribution in [2.45, 2.75) is 20.3 Å². The van der Waals surface area contributed by atoms with E-state index < -0.39 is 10.0 Å². The molecule has 1 aliphatic heterocycles. The Bertz CT molecular complexity index is 246. The van der Waals surface area contributed by atoms with Crippen LogP contribution in [0.15, 0.2) is 0 Å². The lowest BCUT2D eigenvalue weighted by Crippen LogP contribution is -2.28. The van der Waals surface area contributed by atoms with Crippen molar-refractivity contribution in [2.24, 2.45) is 11.8 Å². The monoisotopic (exact) mass is 191 g/mol. The van der Waals surface area contributed by atoms with Crippen LogP contribution < -0.4 is 0 Å². The van der Waals surface area contributed by atoms with E-state index in [4.69, 9.17) is 0 Å². The first-order chi connectivity index (χ1) is 5.41. The molecule has 1 rings (SSSR count). The lowest BCUT2D eigenvalue weighted by Gasteiger charge is -2.15. The minimum absolute atomic E-state index is 0.555. The number of hydrogen-bond acceptors (Lipinski definition) is 2. The van der Waals surface area contributed by atoms with Crippen LogP contribution in [0, 0.1) is 11.8 Å². The number of hydrogen-bond donors (Lipinski definition) is 0. The van der Waals surface area contributed by atoms with E-state index in [9.17, 15) is 8.42 Å². The molecule has 0 unspecified atom stereocenters. The third-order valence-corrected chi connectivity index (χ3v) is 3.87. The van der Waals surface area contributed by atoms with Gasteiger partial charge >= 0.3 is 0 Å². The molecule has 0 saturated carbocycles. The molecule has 0 spiro atoms. The number of nitrogens with zero attached hydrogens (tertiary/aromatic N) is 1. The van der Waals surface area contributed by atoms with E-state index in [1.54, 1.807) is 4.31 Å². The van der Waals surface area contributed by atoms with Gasteiger partial charge in [-0.1, -0.05) is 13.8 Å². The molecule has 3 nitrogen and oxygen atoms in total. The van der Waals surface area contributed by atoms with Gasteiger partial charge in [0.1, 0.15) is 0 Å². The van der Waals surface area contributed by atoms with Gasteiger partial charge in [-0.15, -0.1) is 0 Å². The molecule has 0 aromatic carbocycles.